The van der Waals surface area contributed by atoms with Crippen LogP contribution in [0.5, 0.6) is 0 Å². The van der Waals surface area contributed by atoms with Crippen LogP contribution in [0, 0.1) is 6.92 Å². The van der Waals surface area contributed by atoms with E-state index < -0.39 is 0 Å². The molecule has 0 heterocycles. The second-order valence-electron chi connectivity index (χ2n) is 1.28. The molecular weight excluding hydrogens is 76.1 g/mol. The third-order valence-electron chi connectivity index (χ3n) is 0.674. The van der Waals surface area contributed by atoms with Crippen LogP contribution in [0.1, 0.15) is 6.42 Å². The molecule has 4 N–H and O–H groups in total. The second-order valence-corrected chi connectivity index (χ2v) is 1.28. The Morgan fingerprint density at radius 3 is 2.17 bits per heavy atom. The largest absolute Gasteiger partial charge is 0.329 e. The summed E-state index contributed by atoms with van der Waals surface area (Å²) in [5, 5.41) is 0. The van der Waals surface area contributed by atoms with Gasteiger partial charge in [-0.1, -0.05) is 6.92 Å². The van der Waals surface area contributed by atoms with Gasteiger partial charge in [0.1, 0.15) is 0 Å². The summed E-state index contributed by atoms with van der Waals surface area (Å²) in [5.41, 5.74) is 10.4. The van der Waals surface area contributed by atoms with Gasteiger partial charge in [0.15, 0.2) is 0 Å². The van der Waals surface area contributed by atoms with E-state index in [2.05, 4.69) is 6.92 Å². The maximum atomic E-state index is 5.28. The standard InChI is InChI=1S/C4H11N2/c1-2-4(6)3-5/h4H,1-3,5-6H2. The molecule has 37 valence electrons. The van der Waals surface area contributed by atoms with Crippen LogP contribution in [0.3, 0.4) is 0 Å². The van der Waals surface area contributed by atoms with Gasteiger partial charge in [-0.3, -0.25) is 0 Å². The lowest BCUT2D eigenvalue weighted by molar-refractivity contribution is 0.691. The summed E-state index contributed by atoms with van der Waals surface area (Å²) in [5.74, 6) is 0. The molecule has 0 spiro atoms. The minimum absolute atomic E-state index is 0.102. The van der Waals surface area contributed by atoms with Gasteiger partial charge < -0.3 is 11.5 Å². The van der Waals surface area contributed by atoms with Crippen molar-refractivity contribution in [2.75, 3.05) is 6.54 Å². The van der Waals surface area contributed by atoms with Gasteiger partial charge in [0.25, 0.3) is 0 Å². The molecule has 1 atom stereocenters. The van der Waals surface area contributed by atoms with Crippen molar-refractivity contribution in [2.45, 2.75) is 12.5 Å². The summed E-state index contributed by atoms with van der Waals surface area (Å²) < 4.78 is 0. The molecule has 0 aliphatic rings. The normalized spacial score (nSPS) is 14.5. The zero-order valence-corrected chi connectivity index (χ0v) is 3.85. The zero-order chi connectivity index (χ0) is 4.99. The minimum atomic E-state index is 0.102. The molecule has 1 unspecified atom stereocenters. The first kappa shape index (κ1) is 5.92. The van der Waals surface area contributed by atoms with E-state index in [-0.39, 0.29) is 6.04 Å². The Morgan fingerprint density at radius 2 is 2.17 bits per heavy atom. The van der Waals surface area contributed by atoms with Gasteiger partial charge in [-0.05, 0) is 6.42 Å². The third-order valence-corrected chi connectivity index (χ3v) is 0.674. The highest BCUT2D eigenvalue weighted by molar-refractivity contribution is 4.60. The lowest BCUT2D eigenvalue weighted by atomic mass is 10.2. The van der Waals surface area contributed by atoms with Crippen LogP contribution in [-0.4, -0.2) is 12.6 Å². The van der Waals surface area contributed by atoms with Crippen LogP contribution < -0.4 is 11.5 Å². The Hall–Kier alpha value is -0.0800. The number of rotatable bonds is 2. The molecule has 0 fully saturated rings. The lowest BCUT2D eigenvalue weighted by Crippen LogP contribution is -2.28. The molecule has 0 aliphatic heterocycles. The van der Waals surface area contributed by atoms with Gasteiger partial charge >= 0.3 is 0 Å². The number of hydrogen-bond acceptors (Lipinski definition) is 2. The Bertz CT molecular complexity index is 24.7. The van der Waals surface area contributed by atoms with E-state index in [4.69, 9.17) is 11.5 Å². The highest BCUT2D eigenvalue weighted by Gasteiger charge is 1.89. The predicted molar refractivity (Wildman–Crippen MR) is 27.0 cm³/mol. The molecule has 0 saturated carbocycles. The van der Waals surface area contributed by atoms with Crippen molar-refractivity contribution in [3.05, 3.63) is 6.92 Å². The predicted octanol–water partition coefficient (Wildman–Crippen LogP) is -0.503. The Morgan fingerprint density at radius 1 is 1.67 bits per heavy atom. The summed E-state index contributed by atoms with van der Waals surface area (Å²) in [4.78, 5) is 0. The fourth-order valence-corrected chi connectivity index (χ4v) is 0.118. The average molecular weight is 87.1 g/mol. The molecule has 0 amide bonds. The lowest BCUT2D eigenvalue weighted by Gasteiger charge is -1.99. The van der Waals surface area contributed by atoms with E-state index in [1.54, 1.807) is 0 Å². The van der Waals surface area contributed by atoms with E-state index in [1.807, 2.05) is 0 Å². The summed E-state index contributed by atoms with van der Waals surface area (Å²) in [6.07, 6.45) is 0.733. The second kappa shape index (κ2) is 3.12. The van der Waals surface area contributed by atoms with Gasteiger partial charge in [0, 0.05) is 12.6 Å². The Balaban J connectivity index is 2.75. The van der Waals surface area contributed by atoms with Gasteiger partial charge in [0.05, 0.1) is 0 Å². The number of nitrogens with two attached hydrogens (primary N) is 2. The molecular formula is C4H11N2. The molecule has 0 aromatic rings. The highest BCUT2D eigenvalue weighted by atomic mass is 14.7. The molecule has 0 aromatic carbocycles. The summed E-state index contributed by atoms with van der Waals surface area (Å²) in [6, 6.07) is 0.102. The molecule has 2 heteroatoms. The van der Waals surface area contributed by atoms with Crippen molar-refractivity contribution >= 4 is 0 Å². The Labute approximate surface area is 38.5 Å². The van der Waals surface area contributed by atoms with E-state index in [0.29, 0.717) is 6.54 Å². The maximum Gasteiger partial charge on any atom is 0.0163 e. The van der Waals surface area contributed by atoms with E-state index in [9.17, 15) is 0 Å². The van der Waals surface area contributed by atoms with Crippen molar-refractivity contribution in [3.63, 3.8) is 0 Å². The fourth-order valence-electron chi connectivity index (χ4n) is 0.118. The highest BCUT2D eigenvalue weighted by Crippen LogP contribution is 1.76. The van der Waals surface area contributed by atoms with Crippen molar-refractivity contribution in [3.8, 4) is 0 Å². The van der Waals surface area contributed by atoms with E-state index in [1.165, 1.54) is 0 Å². The summed E-state index contributed by atoms with van der Waals surface area (Å²) in [6.45, 7) is 4.10. The Kier molecular flexibility index (Phi) is 3.08. The van der Waals surface area contributed by atoms with E-state index >= 15 is 0 Å². The fraction of sp³-hybridized carbons (Fsp3) is 0.750. The molecule has 0 saturated heterocycles. The first-order valence-corrected chi connectivity index (χ1v) is 2.06. The van der Waals surface area contributed by atoms with Gasteiger partial charge in [-0.15, -0.1) is 0 Å². The van der Waals surface area contributed by atoms with Crippen molar-refractivity contribution in [2.24, 2.45) is 11.5 Å². The summed E-state index contributed by atoms with van der Waals surface area (Å²) in [7, 11) is 0. The van der Waals surface area contributed by atoms with Crippen LogP contribution in [0.2, 0.25) is 0 Å². The van der Waals surface area contributed by atoms with Crippen molar-refractivity contribution in [1.82, 2.24) is 0 Å². The van der Waals surface area contributed by atoms with Crippen LogP contribution in [0.25, 0.3) is 0 Å². The first-order chi connectivity index (χ1) is 2.81. The van der Waals surface area contributed by atoms with Crippen molar-refractivity contribution < 1.29 is 0 Å². The van der Waals surface area contributed by atoms with Gasteiger partial charge in [-0.25, -0.2) is 0 Å². The molecule has 1 radical (unpaired) electrons. The van der Waals surface area contributed by atoms with Crippen LogP contribution in [-0.2, 0) is 0 Å². The topological polar surface area (TPSA) is 52.0 Å². The minimum Gasteiger partial charge on any atom is -0.329 e. The van der Waals surface area contributed by atoms with Crippen LogP contribution in [0.15, 0.2) is 0 Å². The molecule has 0 rings (SSSR count). The molecule has 0 aliphatic carbocycles. The molecule has 6 heavy (non-hydrogen) atoms. The van der Waals surface area contributed by atoms with Gasteiger partial charge in [0.2, 0.25) is 0 Å². The third kappa shape index (κ3) is 2.18. The average Bonchev–Trinajstić information content (AvgIpc) is 1.65. The van der Waals surface area contributed by atoms with Gasteiger partial charge in [-0.2, -0.15) is 0 Å². The number of hydrogen-bond donors (Lipinski definition) is 2. The smallest absolute Gasteiger partial charge is 0.0163 e. The zero-order valence-electron chi connectivity index (χ0n) is 3.85. The monoisotopic (exact) mass is 87.1 g/mol. The van der Waals surface area contributed by atoms with Crippen molar-refractivity contribution in [1.29, 1.82) is 0 Å². The first-order valence-electron chi connectivity index (χ1n) is 2.06. The molecule has 0 aromatic heterocycles. The quantitative estimate of drug-likeness (QED) is 0.477. The van der Waals surface area contributed by atoms with E-state index in [0.717, 1.165) is 6.42 Å². The maximum absolute atomic E-state index is 5.28. The van der Waals surface area contributed by atoms with Crippen LogP contribution >= 0.6 is 0 Å². The molecule has 0 bridgehead atoms. The summed E-state index contributed by atoms with van der Waals surface area (Å²) >= 11 is 0. The molecule has 2 nitrogen and oxygen atoms in total. The van der Waals surface area contributed by atoms with Crippen LogP contribution in [0.4, 0.5) is 0 Å². The SMILES string of the molecule is [CH2]CC(N)CN.